The van der Waals surface area contributed by atoms with Crippen molar-refractivity contribution in [1.29, 1.82) is 0 Å². The first-order valence-electron chi connectivity index (χ1n) is 3.28. The van der Waals surface area contributed by atoms with Gasteiger partial charge in [-0.15, -0.1) is 0 Å². The predicted molar refractivity (Wildman–Crippen MR) is 42.1 cm³/mol. The Labute approximate surface area is 72.6 Å². The van der Waals surface area contributed by atoms with Crippen molar-refractivity contribution in [2.24, 2.45) is 0 Å². The molecule has 0 atom stereocenters. The normalized spacial score (nSPS) is 10.9. The van der Waals surface area contributed by atoms with Gasteiger partial charge in [-0.3, -0.25) is 0 Å². The molecule has 1 rings (SSSR count). The van der Waals surface area contributed by atoms with E-state index in [-0.39, 0.29) is 11.4 Å². The monoisotopic (exact) mass is 186 g/mol. The Hall–Kier alpha value is -1.70. The molecule has 0 aliphatic rings. The topological polar surface area (TPSA) is 30.4 Å². The van der Waals surface area contributed by atoms with Gasteiger partial charge in [-0.2, -0.15) is 13.2 Å². The molecule has 1 aromatic carbocycles. The number of hydrogen-bond donors (Lipinski definition) is 1. The molecular weight excluding hydrogens is 181 g/mol. The van der Waals surface area contributed by atoms with Crippen LogP contribution in [-0.4, -0.2) is 0 Å². The molecule has 0 amide bonds. The minimum Gasteiger partial charge on any atom is -0.400 e. The van der Waals surface area contributed by atoms with Crippen molar-refractivity contribution in [3.8, 4) is 0 Å². The van der Waals surface area contributed by atoms with Crippen LogP contribution in [0.5, 0.6) is 0 Å². The van der Waals surface area contributed by atoms with Crippen molar-refractivity contribution in [3.05, 3.63) is 35.2 Å². The quantitative estimate of drug-likeness (QED) is 0.490. The maximum Gasteiger partial charge on any atom is 0.415 e. The summed E-state index contributed by atoms with van der Waals surface area (Å²) in [6.07, 6.45) is -4.45. The Morgan fingerprint density at radius 3 is 2.31 bits per heavy atom. The Bertz CT molecular complexity index is 363. The van der Waals surface area contributed by atoms with Crippen molar-refractivity contribution >= 4 is 11.4 Å². The molecule has 1 aromatic rings. The van der Waals surface area contributed by atoms with E-state index in [9.17, 15) is 13.2 Å². The molecule has 0 radical (unpaired) electrons. The van der Waals surface area contributed by atoms with E-state index in [2.05, 4.69) is 4.85 Å². The highest BCUT2D eigenvalue weighted by molar-refractivity contribution is 5.58. The zero-order valence-electron chi connectivity index (χ0n) is 6.39. The predicted octanol–water partition coefficient (Wildman–Crippen LogP) is 2.84. The Kier molecular flexibility index (Phi) is 2.15. The number of nitrogens with two attached hydrogens (primary N) is 1. The third-order valence-corrected chi connectivity index (χ3v) is 1.40. The molecule has 0 fully saturated rings. The largest absolute Gasteiger partial charge is 0.415 e. The van der Waals surface area contributed by atoms with E-state index < -0.39 is 11.7 Å². The SMILES string of the molecule is [C-]#[N+]c1cc(N)cc(C(F)(F)F)c1. The van der Waals surface area contributed by atoms with E-state index in [0.29, 0.717) is 0 Å². The van der Waals surface area contributed by atoms with Crippen molar-refractivity contribution in [1.82, 2.24) is 0 Å². The van der Waals surface area contributed by atoms with Crippen LogP contribution in [0, 0.1) is 6.57 Å². The summed E-state index contributed by atoms with van der Waals surface area (Å²) < 4.78 is 36.4. The molecule has 2 nitrogen and oxygen atoms in total. The highest BCUT2D eigenvalue weighted by Gasteiger charge is 2.30. The van der Waals surface area contributed by atoms with Crippen LogP contribution < -0.4 is 5.73 Å². The zero-order valence-corrected chi connectivity index (χ0v) is 6.39. The Balaban J connectivity index is 3.26. The van der Waals surface area contributed by atoms with Gasteiger partial charge in [0.15, 0.2) is 5.69 Å². The van der Waals surface area contributed by atoms with Crippen LogP contribution in [0.2, 0.25) is 0 Å². The number of alkyl halides is 3. The van der Waals surface area contributed by atoms with Crippen LogP contribution in [0.25, 0.3) is 4.85 Å². The van der Waals surface area contributed by atoms with Gasteiger partial charge in [0.25, 0.3) is 0 Å². The van der Waals surface area contributed by atoms with Crippen LogP contribution >= 0.6 is 0 Å². The minimum atomic E-state index is -4.45. The summed E-state index contributed by atoms with van der Waals surface area (Å²) in [7, 11) is 0. The van der Waals surface area contributed by atoms with E-state index in [4.69, 9.17) is 12.3 Å². The number of rotatable bonds is 0. The summed E-state index contributed by atoms with van der Waals surface area (Å²) in [4.78, 5) is 2.88. The number of halogens is 3. The van der Waals surface area contributed by atoms with Gasteiger partial charge >= 0.3 is 6.18 Å². The maximum atomic E-state index is 12.1. The second kappa shape index (κ2) is 2.98. The van der Waals surface area contributed by atoms with Crippen molar-refractivity contribution in [2.75, 3.05) is 5.73 Å². The van der Waals surface area contributed by atoms with Gasteiger partial charge in [0, 0.05) is 11.3 Å². The molecular formula is C8H5F3N2. The third kappa shape index (κ3) is 2.12. The van der Waals surface area contributed by atoms with Gasteiger partial charge in [0.05, 0.1) is 6.57 Å². The van der Waals surface area contributed by atoms with Gasteiger partial charge < -0.3 is 5.73 Å². The number of benzene rings is 1. The van der Waals surface area contributed by atoms with Gasteiger partial charge in [-0.05, 0) is 18.2 Å². The van der Waals surface area contributed by atoms with E-state index in [1.807, 2.05) is 0 Å². The van der Waals surface area contributed by atoms with Crippen LogP contribution in [-0.2, 0) is 6.18 Å². The minimum absolute atomic E-state index is 0.0548. The fourth-order valence-corrected chi connectivity index (χ4v) is 0.863. The molecule has 0 saturated heterocycles. The molecule has 5 heteroatoms. The van der Waals surface area contributed by atoms with Crippen LogP contribution in [0.3, 0.4) is 0 Å². The summed E-state index contributed by atoms with van der Waals surface area (Å²) >= 11 is 0. The fraction of sp³-hybridized carbons (Fsp3) is 0.125. The second-order valence-corrected chi connectivity index (χ2v) is 2.42. The summed E-state index contributed by atoms with van der Waals surface area (Å²) in [5.41, 5.74) is 4.14. The number of anilines is 1. The van der Waals surface area contributed by atoms with Crippen LogP contribution in [0.4, 0.5) is 24.5 Å². The Morgan fingerprint density at radius 2 is 1.85 bits per heavy atom. The van der Waals surface area contributed by atoms with Crippen molar-refractivity contribution in [2.45, 2.75) is 6.18 Å². The summed E-state index contributed by atoms with van der Waals surface area (Å²) in [5, 5.41) is 0. The molecule has 68 valence electrons. The average Bonchev–Trinajstić information content (AvgIpc) is 2.01. The number of nitrogens with zero attached hydrogens (tertiary/aromatic N) is 1. The standard InChI is InChI=1S/C8H5F3N2/c1-13-7-3-5(8(9,10)11)2-6(12)4-7/h2-4H,12H2. The van der Waals surface area contributed by atoms with E-state index in [0.717, 1.165) is 12.1 Å². The van der Waals surface area contributed by atoms with Gasteiger partial charge in [0.1, 0.15) is 0 Å². The summed E-state index contributed by atoms with van der Waals surface area (Å²) in [5.74, 6) is 0. The van der Waals surface area contributed by atoms with Crippen LogP contribution in [0.15, 0.2) is 18.2 Å². The van der Waals surface area contributed by atoms with Gasteiger partial charge in [0.2, 0.25) is 0 Å². The number of hydrogen-bond acceptors (Lipinski definition) is 1. The third-order valence-electron chi connectivity index (χ3n) is 1.40. The molecule has 2 N–H and O–H groups in total. The maximum absolute atomic E-state index is 12.1. The average molecular weight is 186 g/mol. The zero-order chi connectivity index (χ0) is 10.1. The molecule has 0 bridgehead atoms. The molecule has 13 heavy (non-hydrogen) atoms. The molecule has 0 heterocycles. The molecule has 0 aromatic heterocycles. The first-order chi connectivity index (χ1) is 5.93. The summed E-state index contributed by atoms with van der Waals surface area (Å²) in [6.45, 7) is 6.54. The van der Waals surface area contributed by atoms with Crippen molar-refractivity contribution in [3.63, 3.8) is 0 Å². The van der Waals surface area contributed by atoms with Crippen LogP contribution in [0.1, 0.15) is 5.56 Å². The summed E-state index contributed by atoms with van der Waals surface area (Å²) in [6, 6.07) is 2.76. The lowest BCUT2D eigenvalue weighted by Gasteiger charge is -2.07. The lowest BCUT2D eigenvalue weighted by atomic mass is 10.1. The van der Waals surface area contributed by atoms with E-state index >= 15 is 0 Å². The fourth-order valence-electron chi connectivity index (χ4n) is 0.863. The van der Waals surface area contributed by atoms with Gasteiger partial charge in [-0.25, -0.2) is 4.85 Å². The van der Waals surface area contributed by atoms with Gasteiger partial charge in [-0.1, -0.05) is 0 Å². The molecule has 0 aliphatic heterocycles. The molecule has 0 unspecified atom stereocenters. The van der Waals surface area contributed by atoms with E-state index in [1.54, 1.807) is 0 Å². The van der Waals surface area contributed by atoms with Crippen molar-refractivity contribution < 1.29 is 13.2 Å². The first-order valence-corrected chi connectivity index (χ1v) is 3.28. The molecule has 0 saturated carbocycles. The first kappa shape index (κ1) is 9.39. The molecule has 0 aliphatic carbocycles. The highest BCUT2D eigenvalue weighted by atomic mass is 19.4. The number of nitrogen functional groups attached to an aromatic ring is 1. The smallest absolute Gasteiger partial charge is 0.400 e. The highest BCUT2D eigenvalue weighted by Crippen LogP contribution is 2.33. The second-order valence-electron chi connectivity index (χ2n) is 2.42. The molecule has 0 spiro atoms. The van der Waals surface area contributed by atoms with E-state index in [1.165, 1.54) is 6.07 Å². The Morgan fingerprint density at radius 1 is 1.23 bits per heavy atom. The lowest BCUT2D eigenvalue weighted by molar-refractivity contribution is -0.137. The lowest BCUT2D eigenvalue weighted by Crippen LogP contribution is -2.05.